The van der Waals surface area contributed by atoms with E-state index in [2.05, 4.69) is 38.5 Å². The summed E-state index contributed by atoms with van der Waals surface area (Å²) in [7, 11) is 0. The quantitative estimate of drug-likeness (QED) is 0.640. The van der Waals surface area contributed by atoms with Crippen molar-refractivity contribution in [3.05, 3.63) is 49.9 Å². The number of hydrazine groups is 1. The second-order valence-corrected chi connectivity index (χ2v) is 8.02. The Morgan fingerprint density at radius 1 is 1.40 bits per heavy atom. The number of thioether (sulfide) groups is 1. The summed E-state index contributed by atoms with van der Waals surface area (Å²) in [5.41, 5.74) is 5.63. The van der Waals surface area contributed by atoms with Crippen LogP contribution in [0.3, 0.4) is 0 Å². The van der Waals surface area contributed by atoms with Crippen LogP contribution in [0.5, 0.6) is 0 Å². The lowest BCUT2D eigenvalue weighted by molar-refractivity contribution is 0.559. The maximum absolute atomic E-state index is 5.77. The van der Waals surface area contributed by atoms with E-state index >= 15 is 0 Å². The Morgan fingerprint density at radius 3 is 3.05 bits per heavy atom. The van der Waals surface area contributed by atoms with Gasteiger partial charge in [-0.05, 0) is 57.8 Å². The lowest BCUT2D eigenvalue weighted by atomic mass is 10.1. The van der Waals surface area contributed by atoms with Crippen molar-refractivity contribution in [2.75, 3.05) is 5.75 Å². The molecule has 0 aromatic carbocycles. The van der Waals surface area contributed by atoms with Crippen LogP contribution in [0, 0.1) is 0 Å². The van der Waals surface area contributed by atoms with Gasteiger partial charge in [-0.3, -0.25) is 16.3 Å². The number of thiophene rings is 1. The molecule has 0 fully saturated rings. The van der Waals surface area contributed by atoms with Gasteiger partial charge >= 0.3 is 0 Å². The summed E-state index contributed by atoms with van der Waals surface area (Å²) in [5, 5.41) is 0. The van der Waals surface area contributed by atoms with Gasteiger partial charge in [0.05, 0.1) is 6.04 Å². The van der Waals surface area contributed by atoms with Gasteiger partial charge in [0.15, 0.2) is 0 Å². The second-order valence-electron chi connectivity index (χ2n) is 4.83. The molecule has 0 saturated carbocycles. The SMILES string of the molecule is NNC(Cc1cncc(Br)c1)c1cc2c(s1)CCSC2. The van der Waals surface area contributed by atoms with Crippen LogP contribution in [-0.2, 0) is 18.6 Å². The van der Waals surface area contributed by atoms with Crippen LogP contribution in [0.4, 0.5) is 0 Å². The van der Waals surface area contributed by atoms with Crippen LogP contribution >= 0.6 is 39.0 Å². The molecule has 0 aliphatic carbocycles. The lowest BCUT2D eigenvalue weighted by Crippen LogP contribution is -2.29. The van der Waals surface area contributed by atoms with Gasteiger partial charge in [-0.2, -0.15) is 11.8 Å². The molecule has 0 spiro atoms. The number of nitrogens with zero attached hydrogens (tertiary/aromatic N) is 1. The number of rotatable bonds is 4. The summed E-state index contributed by atoms with van der Waals surface area (Å²) < 4.78 is 1.01. The predicted octanol–water partition coefficient (Wildman–Crippen LogP) is 3.44. The number of nitrogens with two attached hydrogens (primary N) is 1. The number of pyridine rings is 1. The van der Waals surface area contributed by atoms with E-state index in [1.54, 1.807) is 6.20 Å². The fourth-order valence-corrected chi connectivity index (χ4v) is 5.24. The molecule has 3 nitrogen and oxygen atoms in total. The zero-order valence-corrected chi connectivity index (χ0v) is 14.2. The molecule has 0 saturated heterocycles. The van der Waals surface area contributed by atoms with E-state index in [1.807, 2.05) is 29.3 Å². The van der Waals surface area contributed by atoms with Crippen LogP contribution in [0.1, 0.15) is 26.9 Å². The standard InChI is InChI=1S/C14H16BrN3S2/c15-11-3-9(6-17-7-11)4-12(18-16)14-5-10-8-19-2-1-13(10)20-14/h3,5-7,12,18H,1-2,4,8,16H2. The van der Waals surface area contributed by atoms with Crippen molar-refractivity contribution in [3.8, 4) is 0 Å². The second kappa shape index (κ2) is 6.58. The molecule has 1 aliphatic heterocycles. The van der Waals surface area contributed by atoms with E-state index in [-0.39, 0.29) is 6.04 Å². The molecule has 106 valence electrons. The summed E-state index contributed by atoms with van der Waals surface area (Å²) in [4.78, 5) is 7.08. The third-order valence-corrected chi connectivity index (χ3v) is 6.19. The molecule has 20 heavy (non-hydrogen) atoms. The summed E-state index contributed by atoms with van der Waals surface area (Å²) in [6.45, 7) is 0. The zero-order chi connectivity index (χ0) is 13.9. The van der Waals surface area contributed by atoms with Crippen molar-refractivity contribution in [3.63, 3.8) is 0 Å². The molecular weight excluding hydrogens is 354 g/mol. The first-order valence-corrected chi connectivity index (χ1v) is 9.27. The van der Waals surface area contributed by atoms with Gasteiger partial charge in [0.25, 0.3) is 0 Å². The van der Waals surface area contributed by atoms with Crippen molar-refractivity contribution < 1.29 is 0 Å². The highest BCUT2D eigenvalue weighted by Crippen LogP contribution is 2.35. The molecular formula is C14H16BrN3S2. The molecule has 0 bridgehead atoms. The van der Waals surface area contributed by atoms with Gasteiger partial charge in [0.1, 0.15) is 0 Å². The number of hydrogen-bond donors (Lipinski definition) is 2. The van der Waals surface area contributed by atoms with Crippen LogP contribution < -0.4 is 11.3 Å². The maximum atomic E-state index is 5.77. The molecule has 0 amide bonds. The minimum Gasteiger partial charge on any atom is -0.271 e. The van der Waals surface area contributed by atoms with Crippen molar-refractivity contribution in [2.24, 2.45) is 5.84 Å². The molecule has 3 heterocycles. The fraction of sp³-hybridized carbons (Fsp3) is 0.357. The summed E-state index contributed by atoms with van der Waals surface area (Å²) >= 11 is 7.38. The number of aromatic nitrogens is 1. The Bertz CT molecular complexity index is 576. The number of aryl methyl sites for hydroxylation is 1. The van der Waals surface area contributed by atoms with Gasteiger partial charge in [-0.25, -0.2) is 0 Å². The maximum Gasteiger partial charge on any atom is 0.0594 e. The number of hydrogen-bond acceptors (Lipinski definition) is 5. The highest BCUT2D eigenvalue weighted by Gasteiger charge is 2.19. The molecule has 1 aliphatic rings. The van der Waals surface area contributed by atoms with E-state index in [4.69, 9.17) is 5.84 Å². The Kier molecular flexibility index (Phi) is 4.78. The Labute approximate surface area is 135 Å². The summed E-state index contributed by atoms with van der Waals surface area (Å²) in [5.74, 6) is 8.15. The summed E-state index contributed by atoms with van der Waals surface area (Å²) in [6, 6.07) is 4.58. The smallest absolute Gasteiger partial charge is 0.0594 e. The van der Waals surface area contributed by atoms with Crippen LogP contribution in [-0.4, -0.2) is 10.7 Å². The third kappa shape index (κ3) is 3.26. The molecule has 3 N–H and O–H groups in total. The van der Waals surface area contributed by atoms with Crippen molar-refractivity contribution in [1.82, 2.24) is 10.4 Å². The first-order valence-electron chi connectivity index (χ1n) is 6.51. The molecule has 1 atom stereocenters. The van der Waals surface area contributed by atoms with E-state index in [0.29, 0.717) is 0 Å². The van der Waals surface area contributed by atoms with E-state index in [9.17, 15) is 0 Å². The molecule has 2 aromatic rings. The Balaban J connectivity index is 1.81. The molecule has 6 heteroatoms. The van der Waals surface area contributed by atoms with E-state index < -0.39 is 0 Å². The average molecular weight is 370 g/mol. The van der Waals surface area contributed by atoms with Crippen molar-refractivity contribution >= 4 is 39.0 Å². The van der Waals surface area contributed by atoms with Crippen LogP contribution in [0.2, 0.25) is 0 Å². The van der Waals surface area contributed by atoms with E-state index in [1.165, 1.54) is 33.1 Å². The third-order valence-electron chi connectivity index (χ3n) is 3.39. The first kappa shape index (κ1) is 14.5. The molecule has 0 radical (unpaired) electrons. The minimum atomic E-state index is 0.159. The average Bonchev–Trinajstić information content (AvgIpc) is 2.88. The Morgan fingerprint density at radius 2 is 2.30 bits per heavy atom. The van der Waals surface area contributed by atoms with Crippen LogP contribution in [0.25, 0.3) is 0 Å². The predicted molar refractivity (Wildman–Crippen MR) is 89.9 cm³/mol. The number of fused-ring (bicyclic) bond motifs is 1. The van der Waals surface area contributed by atoms with Crippen LogP contribution in [0.15, 0.2) is 29.0 Å². The summed E-state index contributed by atoms with van der Waals surface area (Å²) in [6.07, 6.45) is 5.75. The fourth-order valence-electron chi connectivity index (χ4n) is 2.39. The van der Waals surface area contributed by atoms with Gasteiger partial charge in [-0.1, -0.05) is 0 Å². The number of nitrogens with one attached hydrogen (secondary N) is 1. The van der Waals surface area contributed by atoms with Crippen molar-refractivity contribution in [2.45, 2.75) is 24.6 Å². The minimum absolute atomic E-state index is 0.159. The first-order chi connectivity index (χ1) is 9.76. The van der Waals surface area contributed by atoms with Gasteiger partial charge in [-0.15, -0.1) is 11.3 Å². The lowest BCUT2D eigenvalue weighted by Gasteiger charge is -2.14. The van der Waals surface area contributed by atoms with Gasteiger partial charge in [0, 0.05) is 32.4 Å². The van der Waals surface area contributed by atoms with Gasteiger partial charge < -0.3 is 0 Å². The largest absolute Gasteiger partial charge is 0.271 e. The normalized spacial score (nSPS) is 15.9. The van der Waals surface area contributed by atoms with Gasteiger partial charge in [0.2, 0.25) is 0 Å². The number of halogens is 1. The van der Waals surface area contributed by atoms with E-state index in [0.717, 1.165) is 16.6 Å². The molecule has 1 unspecified atom stereocenters. The van der Waals surface area contributed by atoms with Crippen molar-refractivity contribution in [1.29, 1.82) is 0 Å². The monoisotopic (exact) mass is 369 g/mol. The highest BCUT2D eigenvalue weighted by molar-refractivity contribution is 9.10. The molecule has 2 aromatic heterocycles. The zero-order valence-electron chi connectivity index (χ0n) is 10.9. The molecule has 3 rings (SSSR count). The Hall–Kier alpha value is -0.400. The topological polar surface area (TPSA) is 50.9 Å². The highest BCUT2D eigenvalue weighted by atomic mass is 79.9.